The van der Waals surface area contributed by atoms with Gasteiger partial charge >= 0.3 is 0 Å². The van der Waals surface area contributed by atoms with Crippen molar-refractivity contribution in [2.45, 2.75) is 23.2 Å². The van der Waals surface area contributed by atoms with E-state index in [0.29, 0.717) is 0 Å². The van der Waals surface area contributed by atoms with Crippen molar-refractivity contribution in [3.8, 4) is 5.75 Å². The molecule has 0 saturated carbocycles. The highest BCUT2D eigenvalue weighted by Crippen LogP contribution is 2.39. The molecule has 0 fully saturated rings. The van der Waals surface area contributed by atoms with Crippen LogP contribution in [0.1, 0.15) is 12.0 Å². The Kier molecular flexibility index (Phi) is 3.64. The SMILES string of the molecule is c1ccc2cc(SC3CCc4c(ccc5ccccc45)O3)ccc2c1. The van der Waals surface area contributed by atoms with E-state index in [9.17, 15) is 0 Å². The number of aryl methyl sites for hydroxylation is 1. The Balaban J connectivity index is 1.42. The second kappa shape index (κ2) is 6.12. The van der Waals surface area contributed by atoms with E-state index in [1.165, 1.54) is 32.0 Å². The number of fused-ring (bicyclic) bond motifs is 4. The van der Waals surface area contributed by atoms with E-state index in [2.05, 4.69) is 78.9 Å². The van der Waals surface area contributed by atoms with Gasteiger partial charge in [-0.15, -0.1) is 0 Å². The second-order valence-electron chi connectivity index (χ2n) is 6.48. The number of rotatable bonds is 2. The number of thioether (sulfide) groups is 1. The molecule has 0 spiro atoms. The first-order valence-electron chi connectivity index (χ1n) is 8.69. The number of hydrogen-bond acceptors (Lipinski definition) is 2. The topological polar surface area (TPSA) is 9.23 Å². The van der Waals surface area contributed by atoms with E-state index >= 15 is 0 Å². The van der Waals surface area contributed by atoms with Crippen LogP contribution in [-0.4, -0.2) is 5.44 Å². The zero-order chi connectivity index (χ0) is 16.6. The van der Waals surface area contributed by atoms with Gasteiger partial charge in [0.2, 0.25) is 0 Å². The maximum Gasteiger partial charge on any atom is 0.149 e. The molecule has 1 aliphatic rings. The number of ether oxygens (including phenoxy) is 1. The predicted octanol–water partition coefficient (Wildman–Crippen LogP) is 6.44. The molecule has 25 heavy (non-hydrogen) atoms. The summed E-state index contributed by atoms with van der Waals surface area (Å²) in [4.78, 5) is 1.27. The Labute approximate surface area is 151 Å². The summed E-state index contributed by atoms with van der Waals surface area (Å²) < 4.78 is 6.32. The first-order chi connectivity index (χ1) is 12.4. The largest absolute Gasteiger partial charge is 0.479 e. The molecule has 4 aromatic rings. The van der Waals surface area contributed by atoms with Crippen LogP contribution in [0.25, 0.3) is 21.5 Å². The van der Waals surface area contributed by atoms with E-state index < -0.39 is 0 Å². The monoisotopic (exact) mass is 342 g/mol. The second-order valence-corrected chi connectivity index (χ2v) is 7.71. The molecule has 122 valence electrons. The van der Waals surface area contributed by atoms with Crippen molar-refractivity contribution in [1.82, 2.24) is 0 Å². The lowest BCUT2D eigenvalue weighted by Gasteiger charge is -2.26. The van der Waals surface area contributed by atoms with Gasteiger partial charge in [0.15, 0.2) is 0 Å². The molecule has 1 atom stereocenters. The van der Waals surface area contributed by atoms with Gasteiger partial charge in [-0.1, -0.05) is 72.4 Å². The maximum atomic E-state index is 6.32. The third-order valence-corrected chi connectivity index (χ3v) is 6.00. The fourth-order valence-corrected chi connectivity index (χ4v) is 4.66. The summed E-state index contributed by atoms with van der Waals surface area (Å²) in [5, 5.41) is 5.20. The molecule has 0 amide bonds. The Hall–Kier alpha value is -2.45. The smallest absolute Gasteiger partial charge is 0.149 e. The average Bonchev–Trinajstić information content (AvgIpc) is 2.67. The van der Waals surface area contributed by atoms with Crippen LogP contribution < -0.4 is 4.74 Å². The average molecular weight is 342 g/mol. The minimum atomic E-state index is 0.176. The molecule has 0 aliphatic carbocycles. The van der Waals surface area contributed by atoms with Crippen LogP contribution in [0.2, 0.25) is 0 Å². The molecule has 0 bridgehead atoms. The fraction of sp³-hybridized carbons (Fsp3) is 0.130. The highest BCUT2D eigenvalue weighted by Gasteiger charge is 2.22. The molecule has 0 saturated heterocycles. The molecular formula is C23H18OS. The molecule has 4 aromatic carbocycles. The molecular weight excluding hydrogens is 324 g/mol. The lowest BCUT2D eigenvalue weighted by Crippen LogP contribution is -2.19. The normalized spacial score (nSPS) is 16.6. The lowest BCUT2D eigenvalue weighted by atomic mass is 9.98. The van der Waals surface area contributed by atoms with Crippen molar-refractivity contribution < 1.29 is 4.74 Å². The van der Waals surface area contributed by atoms with Gasteiger partial charge in [-0.3, -0.25) is 0 Å². The maximum absolute atomic E-state index is 6.32. The van der Waals surface area contributed by atoms with Crippen LogP contribution in [0.5, 0.6) is 5.75 Å². The van der Waals surface area contributed by atoms with Gasteiger partial charge in [0.1, 0.15) is 11.2 Å². The third kappa shape index (κ3) is 2.77. The molecule has 5 rings (SSSR count). The third-order valence-electron chi connectivity index (χ3n) is 4.87. The highest BCUT2D eigenvalue weighted by molar-refractivity contribution is 7.99. The molecule has 1 unspecified atom stereocenters. The zero-order valence-corrected chi connectivity index (χ0v) is 14.6. The van der Waals surface area contributed by atoms with E-state index in [1.54, 1.807) is 0 Å². The van der Waals surface area contributed by atoms with Gasteiger partial charge in [0.05, 0.1) is 0 Å². The standard InChI is InChI=1S/C23H18OS/c1-2-7-18-15-19(11-9-16(18)5-1)25-23-14-12-21-20-8-4-3-6-17(20)10-13-22(21)24-23/h1-11,13,15,23H,12,14H2. The summed E-state index contributed by atoms with van der Waals surface area (Å²) in [7, 11) is 0. The summed E-state index contributed by atoms with van der Waals surface area (Å²) >= 11 is 1.83. The molecule has 0 N–H and O–H groups in total. The summed E-state index contributed by atoms with van der Waals surface area (Å²) in [6.45, 7) is 0. The lowest BCUT2D eigenvalue weighted by molar-refractivity contribution is 0.257. The Morgan fingerprint density at radius 2 is 1.52 bits per heavy atom. The zero-order valence-electron chi connectivity index (χ0n) is 13.8. The molecule has 2 heteroatoms. The van der Waals surface area contributed by atoms with Gasteiger partial charge in [-0.05, 0) is 52.6 Å². The van der Waals surface area contributed by atoms with Gasteiger partial charge in [-0.25, -0.2) is 0 Å². The Bertz CT molecular complexity index is 1070. The van der Waals surface area contributed by atoms with Gasteiger partial charge in [-0.2, -0.15) is 0 Å². The van der Waals surface area contributed by atoms with E-state index in [0.717, 1.165) is 18.6 Å². The van der Waals surface area contributed by atoms with Crippen molar-refractivity contribution in [3.63, 3.8) is 0 Å². The van der Waals surface area contributed by atoms with E-state index in [-0.39, 0.29) is 5.44 Å². The van der Waals surface area contributed by atoms with Crippen LogP contribution >= 0.6 is 11.8 Å². The summed E-state index contributed by atoms with van der Waals surface area (Å²) in [5.74, 6) is 1.04. The van der Waals surface area contributed by atoms with Crippen LogP contribution in [0.15, 0.2) is 83.8 Å². The minimum absolute atomic E-state index is 0.176. The number of hydrogen-bond donors (Lipinski definition) is 0. The van der Waals surface area contributed by atoms with Crippen molar-refractivity contribution >= 4 is 33.3 Å². The van der Waals surface area contributed by atoms with Gasteiger partial charge < -0.3 is 4.74 Å². The van der Waals surface area contributed by atoms with E-state index in [1.807, 2.05) is 11.8 Å². The van der Waals surface area contributed by atoms with E-state index in [4.69, 9.17) is 4.74 Å². The molecule has 1 heterocycles. The minimum Gasteiger partial charge on any atom is -0.479 e. The molecule has 0 radical (unpaired) electrons. The van der Waals surface area contributed by atoms with Gasteiger partial charge in [0.25, 0.3) is 0 Å². The van der Waals surface area contributed by atoms with Gasteiger partial charge in [0, 0.05) is 10.5 Å². The summed E-state index contributed by atoms with van der Waals surface area (Å²) in [6, 6.07) is 28.0. The Morgan fingerprint density at radius 1 is 0.760 bits per heavy atom. The van der Waals surface area contributed by atoms with Crippen molar-refractivity contribution in [3.05, 3.63) is 84.4 Å². The Morgan fingerprint density at radius 3 is 2.44 bits per heavy atom. The van der Waals surface area contributed by atoms with Crippen molar-refractivity contribution in [2.75, 3.05) is 0 Å². The number of benzene rings is 4. The van der Waals surface area contributed by atoms with Crippen molar-refractivity contribution in [2.24, 2.45) is 0 Å². The first kappa shape index (κ1) is 14.9. The van der Waals surface area contributed by atoms with Crippen LogP contribution in [-0.2, 0) is 6.42 Å². The first-order valence-corrected chi connectivity index (χ1v) is 9.57. The van der Waals surface area contributed by atoms with Crippen LogP contribution in [0.3, 0.4) is 0 Å². The van der Waals surface area contributed by atoms with Crippen molar-refractivity contribution in [1.29, 1.82) is 0 Å². The highest BCUT2D eigenvalue weighted by atomic mass is 32.2. The molecule has 1 aliphatic heterocycles. The summed E-state index contributed by atoms with van der Waals surface area (Å²) in [5.41, 5.74) is 1.53. The van der Waals surface area contributed by atoms with Crippen LogP contribution in [0.4, 0.5) is 0 Å². The summed E-state index contributed by atoms with van der Waals surface area (Å²) in [6.07, 6.45) is 2.11. The quantitative estimate of drug-likeness (QED) is 0.415. The molecule has 1 nitrogen and oxygen atoms in total. The fourth-order valence-electron chi connectivity index (χ4n) is 3.62. The van der Waals surface area contributed by atoms with Crippen LogP contribution in [0, 0.1) is 0 Å². The molecule has 0 aromatic heterocycles. The predicted molar refractivity (Wildman–Crippen MR) is 106 cm³/mol.